The Morgan fingerprint density at radius 1 is 1.00 bits per heavy atom. The Morgan fingerprint density at radius 3 is 2.00 bits per heavy atom. The molecule has 0 saturated carbocycles. The van der Waals surface area contributed by atoms with Gasteiger partial charge in [-0.2, -0.15) is 26.3 Å². The number of halogens is 9. The molecule has 1 atom stereocenters. The van der Waals surface area contributed by atoms with Crippen molar-refractivity contribution in [2.75, 3.05) is 26.2 Å². The summed E-state index contributed by atoms with van der Waals surface area (Å²) in [7, 11) is 0. The fourth-order valence-electron chi connectivity index (χ4n) is 2.64. The van der Waals surface area contributed by atoms with Gasteiger partial charge in [-0.25, -0.2) is 4.39 Å². The molecule has 1 heterocycles. The smallest absolute Gasteiger partial charge is 0.314 e. The van der Waals surface area contributed by atoms with Crippen molar-refractivity contribution >= 4 is 24.8 Å². The van der Waals surface area contributed by atoms with Gasteiger partial charge in [0, 0.05) is 32.2 Å². The summed E-state index contributed by atoms with van der Waals surface area (Å²) in [6, 6.07) is 0.774. The van der Waals surface area contributed by atoms with E-state index in [0.29, 0.717) is 38.3 Å². The van der Waals surface area contributed by atoms with E-state index in [-0.39, 0.29) is 30.4 Å². The maximum absolute atomic E-state index is 13.7. The average molecular weight is 417 g/mol. The molecular formula is C14H17Cl2F7N2. The average Bonchev–Trinajstić information content (AvgIpc) is 2.43. The number of nitrogens with zero attached hydrogens (tertiary/aromatic N) is 1. The molecule has 1 aliphatic heterocycles. The number of alkyl halides is 6. The van der Waals surface area contributed by atoms with Gasteiger partial charge in [-0.3, -0.25) is 4.90 Å². The predicted octanol–water partition coefficient (Wildman–Crippen LogP) is 4.59. The fraction of sp³-hybridized carbons (Fsp3) is 0.571. The van der Waals surface area contributed by atoms with Gasteiger partial charge in [-0.05, 0) is 17.7 Å². The molecule has 1 aliphatic rings. The minimum Gasteiger partial charge on any atom is -0.314 e. The summed E-state index contributed by atoms with van der Waals surface area (Å²) in [6.45, 7) is 1.56. The Kier molecular flexibility index (Phi) is 8.96. The standard InChI is InChI=1S/C14H15F7N2.2ClH/c15-11-7-9(1-2-10(11)14(19,20)21)12(8-13(16,17)18)23-5-3-22-4-6-23;;/h1-2,7,12,22H,3-6,8H2;2*1H/t12-;;/m0../s1. The largest absolute Gasteiger partial charge is 0.419 e. The Labute approximate surface area is 152 Å². The van der Waals surface area contributed by atoms with Crippen LogP contribution in [0.2, 0.25) is 0 Å². The number of piperazine rings is 1. The van der Waals surface area contributed by atoms with Crippen molar-refractivity contribution in [1.29, 1.82) is 0 Å². The molecule has 0 bridgehead atoms. The van der Waals surface area contributed by atoms with Crippen molar-refractivity contribution in [2.24, 2.45) is 0 Å². The van der Waals surface area contributed by atoms with Crippen LogP contribution in [0.5, 0.6) is 0 Å². The molecule has 0 aromatic heterocycles. The van der Waals surface area contributed by atoms with Gasteiger partial charge in [-0.15, -0.1) is 24.8 Å². The third-order valence-electron chi connectivity index (χ3n) is 3.70. The summed E-state index contributed by atoms with van der Waals surface area (Å²) in [6.07, 6.45) is -10.6. The quantitative estimate of drug-likeness (QED) is 0.725. The van der Waals surface area contributed by atoms with Crippen LogP contribution < -0.4 is 5.32 Å². The third-order valence-corrected chi connectivity index (χ3v) is 3.70. The number of hydrogen-bond donors (Lipinski definition) is 1. The lowest BCUT2D eigenvalue weighted by molar-refractivity contribution is -0.149. The van der Waals surface area contributed by atoms with Gasteiger partial charge in [0.25, 0.3) is 0 Å². The van der Waals surface area contributed by atoms with E-state index in [2.05, 4.69) is 5.32 Å². The van der Waals surface area contributed by atoms with Gasteiger partial charge in [0.15, 0.2) is 0 Å². The minimum atomic E-state index is -4.88. The summed E-state index contributed by atoms with van der Waals surface area (Å²) < 4.78 is 89.8. The van der Waals surface area contributed by atoms with Crippen molar-refractivity contribution in [3.63, 3.8) is 0 Å². The highest BCUT2D eigenvalue weighted by molar-refractivity contribution is 5.85. The molecule has 1 aromatic carbocycles. The molecule has 1 aromatic rings. The second-order valence-electron chi connectivity index (χ2n) is 5.36. The van der Waals surface area contributed by atoms with E-state index in [1.54, 1.807) is 0 Å². The van der Waals surface area contributed by atoms with E-state index >= 15 is 0 Å². The molecule has 0 radical (unpaired) electrons. The molecule has 146 valence electrons. The van der Waals surface area contributed by atoms with E-state index in [1.807, 2.05) is 0 Å². The molecule has 0 spiro atoms. The molecule has 1 N–H and O–H groups in total. The van der Waals surface area contributed by atoms with E-state index in [0.717, 1.165) is 6.07 Å². The number of hydrogen-bond acceptors (Lipinski definition) is 2. The van der Waals surface area contributed by atoms with Crippen molar-refractivity contribution in [1.82, 2.24) is 10.2 Å². The van der Waals surface area contributed by atoms with E-state index in [1.165, 1.54) is 4.90 Å². The summed E-state index contributed by atoms with van der Waals surface area (Å²) >= 11 is 0. The second kappa shape index (κ2) is 9.25. The predicted molar refractivity (Wildman–Crippen MR) is 83.8 cm³/mol. The Hall–Kier alpha value is -0.770. The van der Waals surface area contributed by atoms with Gasteiger partial charge in [0.2, 0.25) is 0 Å². The lowest BCUT2D eigenvalue weighted by Gasteiger charge is -2.35. The first-order chi connectivity index (χ1) is 10.6. The number of benzene rings is 1. The SMILES string of the molecule is Cl.Cl.Fc1cc([C@H](CC(F)(F)F)N2CCNCC2)ccc1C(F)(F)F. The Bertz CT molecular complexity index is 543. The first kappa shape index (κ1) is 24.2. The molecule has 0 unspecified atom stereocenters. The second-order valence-corrected chi connectivity index (χ2v) is 5.36. The zero-order valence-electron chi connectivity index (χ0n) is 12.8. The molecule has 2 rings (SSSR count). The van der Waals surface area contributed by atoms with Gasteiger partial charge in [0.05, 0.1) is 12.0 Å². The molecule has 1 saturated heterocycles. The summed E-state index contributed by atoms with van der Waals surface area (Å²) in [5, 5.41) is 2.98. The highest BCUT2D eigenvalue weighted by Crippen LogP contribution is 2.37. The van der Waals surface area contributed by atoms with Gasteiger partial charge in [0.1, 0.15) is 5.82 Å². The first-order valence-electron chi connectivity index (χ1n) is 6.96. The lowest BCUT2D eigenvalue weighted by atomic mass is 9.99. The van der Waals surface area contributed by atoms with Crippen LogP contribution in [0, 0.1) is 5.82 Å². The zero-order valence-corrected chi connectivity index (χ0v) is 14.4. The molecule has 11 heteroatoms. The Balaban J connectivity index is 0.00000288. The van der Waals surface area contributed by atoms with Crippen molar-refractivity contribution in [3.05, 3.63) is 35.1 Å². The summed E-state index contributed by atoms with van der Waals surface area (Å²) in [4.78, 5) is 1.51. The normalized spacial score (nSPS) is 17.4. The summed E-state index contributed by atoms with van der Waals surface area (Å²) in [5.74, 6) is -1.56. The molecule has 0 amide bonds. The van der Waals surface area contributed by atoms with Gasteiger partial charge < -0.3 is 5.32 Å². The molecule has 0 aliphatic carbocycles. The Morgan fingerprint density at radius 2 is 1.56 bits per heavy atom. The number of nitrogens with one attached hydrogen (secondary N) is 1. The van der Waals surface area contributed by atoms with E-state index in [4.69, 9.17) is 0 Å². The van der Waals surface area contributed by atoms with Gasteiger partial charge >= 0.3 is 12.4 Å². The van der Waals surface area contributed by atoms with E-state index < -0.39 is 36.2 Å². The van der Waals surface area contributed by atoms with Crippen LogP contribution in [0.3, 0.4) is 0 Å². The van der Waals surface area contributed by atoms with E-state index in [9.17, 15) is 30.7 Å². The number of rotatable bonds is 3. The highest BCUT2D eigenvalue weighted by Gasteiger charge is 2.38. The summed E-state index contributed by atoms with van der Waals surface area (Å²) in [5.41, 5.74) is -1.58. The maximum atomic E-state index is 13.7. The van der Waals surface area contributed by atoms with Crippen molar-refractivity contribution in [3.8, 4) is 0 Å². The minimum absolute atomic E-state index is 0. The monoisotopic (exact) mass is 416 g/mol. The highest BCUT2D eigenvalue weighted by atomic mass is 35.5. The first-order valence-corrected chi connectivity index (χ1v) is 6.96. The van der Waals surface area contributed by atoms with Crippen molar-refractivity contribution in [2.45, 2.75) is 24.8 Å². The molecular weight excluding hydrogens is 400 g/mol. The van der Waals surface area contributed by atoms with Crippen LogP contribution in [0.1, 0.15) is 23.6 Å². The molecule has 1 fully saturated rings. The molecule has 2 nitrogen and oxygen atoms in total. The molecule has 25 heavy (non-hydrogen) atoms. The topological polar surface area (TPSA) is 15.3 Å². The maximum Gasteiger partial charge on any atom is 0.419 e. The zero-order chi connectivity index (χ0) is 17.3. The van der Waals surface area contributed by atoms with Crippen LogP contribution in [0.25, 0.3) is 0 Å². The van der Waals surface area contributed by atoms with Crippen LogP contribution in [-0.2, 0) is 6.18 Å². The van der Waals surface area contributed by atoms with Crippen LogP contribution in [-0.4, -0.2) is 37.3 Å². The van der Waals surface area contributed by atoms with Crippen LogP contribution >= 0.6 is 24.8 Å². The third kappa shape index (κ3) is 6.80. The van der Waals surface area contributed by atoms with Gasteiger partial charge in [-0.1, -0.05) is 6.07 Å². The van der Waals surface area contributed by atoms with Crippen LogP contribution in [0.15, 0.2) is 18.2 Å². The lowest BCUT2D eigenvalue weighted by Crippen LogP contribution is -2.46. The fourth-order valence-corrected chi connectivity index (χ4v) is 2.64. The van der Waals surface area contributed by atoms with Crippen LogP contribution in [0.4, 0.5) is 30.7 Å². The van der Waals surface area contributed by atoms with Crippen molar-refractivity contribution < 1.29 is 30.7 Å².